The molecule has 0 aliphatic carbocycles. The van der Waals surface area contributed by atoms with E-state index >= 15 is 0 Å². The fourth-order valence-electron chi connectivity index (χ4n) is 1.52. The molecule has 0 bridgehead atoms. The Bertz CT molecular complexity index is 344. The number of nitro benzene ring substituents is 1. The molecule has 1 heterocycles. The van der Waals surface area contributed by atoms with Gasteiger partial charge in [0, 0.05) is 37.0 Å². The first-order chi connectivity index (χ1) is 7.27. The zero-order valence-electron chi connectivity index (χ0n) is 8.18. The summed E-state index contributed by atoms with van der Waals surface area (Å²) in [5.41, 5.74) is 0.968. The first-order valence-corrected chi connectivity index (χ1v) is 4.76. The third-order valence-electron chi connectivity index (χ3n) is 2.34. The van der Waals surface area contributed by atoms with Crippen molar-refractivity contribution in [3.05, 3.63) is 34.4 Å². The average molecular weight is 207 g/mol. The summed E-state index contributed by atoms with van der Waals surface area (Å²) in [7, 11) is 0. The maximum Gasteiger partial charge on any atom is 0.270 e. The summed E-state index contributed by atoms with van der Waals surface area (Å²) >= 11 is 0. The van der Waals surface area contributed by atoms with E-state index in [9.17, 15) is 10.1 Å². The summed E-state index contributed by atoms with van der Waals surface area (Å²) in [6, 6.07) is 7.55. The lowest BCUT2D eigenvalue weighted by molar-refractivity contribution is -0.384. The standard InChI is InChI=1S/C10H11N2O3/c13-12(14)10-3-1-9(2-4-10)11-5-7-15-8-6-11/h1,3-4H,5-8H2. The van der Waals surface area contributed by atoms with Crippen molar-refractivity contribution in [2.24, 2.45) is 0 Å². The molecule has 5 heteroatoms. The van der Waals surface area contributed by atoms with Gasteiger partial charge in [-0.2, -0.15) is 0 Å². The van der Waals surface area contributed by atoms with Crippen molar-refractivity contribution < 1.29 is 9.66 Å². The van der Waals surface area contributed by atoms with Crippen LogP contribution in [0.4, 0.5) is 11.4 Å². The van der Waals surface area contributed by atoms with Gasteiger partial charge >= 0.3 is 0 Å². The number of anilines is 1. The van der Waals surface area contributed by atoms with E-state index in [1.54, 1.807) is 6.07 Å². The zero-order valence-corrected chi connectivity index (χ0v) is 8.18. The van der Waals surface area contributed by atoms with Crippen LogP contribution < -0.4 is 4.90 Å². The normalized spacial score (nSPS) is 16.4. The minimum absolute atomic E-state index is 0.0759. The molecule has 1 aliphatic rings. The molecular formula is C10H11N2O3. The van der Waals surface area contributed by atoms with Crippen LogP contribution in [-0.4, -0.2) is 31.2 Å². The Kier molecular flexibility index (Phi) is 2.82. The maximum absolute atomic E-state index is 10.4. The number of morpholine rings is 1. The third-order valence-corrected chi connectivity index (χ3v) is 2.34. The second kappa shape index (κ2) is 4.27. The highest BCUT2D eigenvalue weighted by molar-refractivity contribution is 5.49. The predicted octanol–water partition coefficient (Wildman–Crippen LogP) is 1.23. The van der Waals surface area contributed by atoms with Crippen molar-refractivity contribution in [3.63, 3.8) is 0 Å². The first kappa shape index (κ1) is 9.92. The molecule has 1 saturated heterocycles. The fourth-order valence-corrected chi connectivity index (χ4v) is 1.52. The Labute approximate surface area is 87.4 Å². The number of non-ortho nitro benzene ring substituents is 1. The van der Waals surface area contributed by atoms with Crippen molar-refractivity contribution in [3.8, 4) is 0 Å². The largest absolute Gasteiger partial charge is 0.378 e. The van der Waals surface area contributed by atoms with Crippen molar-refractivity contribution >= 4 is 11.4 Å². The highest BCUT2D eigenvalue weighted by Gasteiger charge is 2.12. The van der Waals surface area contributed by atoms with Gasteiger partial charge in [-0.15, -0.1) is 0 Å². The molecule has 0 saturated carbocycles. The average Bonchev–Trinajstić information content (AvgIpc) is 2.30. The van der Waals surface area contributed by atoms with E-state index in [0.717, 1.165) is 18.8 Å². The van der Waals surface area contributed by atoms with Gasteiger partial charge in [-0.25, -0.2) is 0 Å². The molecule has 0 unspecified atom stereocenters. The predicted molar refractivity (Wildman–Crippen MR) is 55.0 cm³/mol. The molecule has 2 rings (SSSR count). The van der Waals surface area contributed by atoms with E-state index in [1.807, 2.05) is 0 Å². The van der Waals surface area contributed by atoms with Crippen LogP contribution in [0, 0.1) is 16.2 Å². The summed E-state index contributed by atoms with van der Waals surface area (Å²) in [5.74, 6) is 0. The number of ether oxygens (including phenoxy) is 1. The van der Waals surface area contributed by atoms with Gasteiger partial charge in [0.1, 0.15) is 0 Å². The quantitative estimate of drug-likeness (QED) is 0.540. The molecule has 0 atom stereocenters. The van der Waals surface area contributed by atoms with E-state index in [-0.39, 0.29) is 5.69 Å². The van der Waals surface area contributed by atoms with Crippen molar-refractivity contribution in [1.82, 2.24) is 0 Å². The van der Waals surface area contributed by atoms with Gasteiger partial charge in [0.25, 0.3) is 5.69 Å². The van der Waals surface area contributed by atoms with Gasteiger partial charge in [0.15, 0.2) is 0 Å². The molecule has 79 valence electrons. The van der Waals surface area contributed by atoms with Gasteiger partial charge in [0.05, 0.1) is 18.1 Å². The first-order valence-electron chi connectivity index (χ1n) is 4.76. The lowest BCUT2D eigenvalue weighted by atomic mass is 10.2. The maximum atomic E-state index is 10.4. The Morgan fingerprint density at radius 3 is 2.67 bits per heavy atom. The summed E-state index contributed by atoms with van der Waals surface area (Å²) < 4.78 is 5.22. The molecule has 1 radical (unpaired) electrons. The van der Waals surface area contributed by atoms with Gasteiger partial charge in [-0.05, 0) is 6.07 Å². The number of hydrogen-bond donors (Lipinski definition) is 0. The zero-order chi connectivity index (χ0) is 10.7. The van der Waals surface area contributed by atoms with Gasteiger partial charge < -0.3 is 9.64 Å². The van der Waals surface area contributed by atoms with Gasteiger partial charge in [-0.1, -0.05) is 0 Å². The molecule has 15 heavy (non-hydrogen) atoms. The van der Waals surface area contributed by atoms with Crippen LogP contribution >= 0.6 is 0 Å². The fraction of sp³-hybridized carbons (Fsp3) is 0.400. The van der Waals surface area contributed by atoms with Crippen LogP contribution in [0.2, 0.25) is 0 Å². The molecule has 0 spiro atoms. The lowest BCUT2D eigenvalue weighted by Crippen LogP contribution is -2.36. The third kappa shape index (κ3) is 2.24. The number of nitrogens with zero attached hydrogens (tertiary/aromatic N) is 2. The minimum Gasteiger partial charge on any atom is -0.378 e. The second-order valence-corrected chi connectivity index (χ2v) is 3.29. The second-order valence-electron chi connectivity index (χ2n) is 3.29. The topological polar surface area (TPSA) is 55.6 Å². The monoisotopic (exact) mass is 207 g/mol. The molecule has 0 N–H and O–H groups in total. The van der Waals surface area contributed by atoms with Crippen LogP contribution in [0.25, 0.3) is 0 Å². The molecule has 1 aliphatic heterocycles. The molecular weight excluding hydrogens is 196 g/mol. The molecule has 0 aromatic heterocycles. The molecule has 1 aromatic carbocycles. The Morgan fingerprint density at radius 2 is 2.13 bits per heavy atom. The number of hydrogen-bond acceptors (Lipinski definition) is 4. The van der Waals surface area contributed by atoms with Crippen LogP contribution in [0.1, 0.15) is 0 Å². The highest BCUT2D eigenvalue weighted by Crippen LogP contribution is 2.19. The van der Waals surface area contributed by atoms with Crippen molar-refractivity contribution in [2.75, 3.05) is 31.2 Å². The number of benzene rings is 1. The number of nitro groups is 1. The molecule has 5 nitrogen and oxygen atoms in total. The summed E-state index contributed by atoms with van der Waals surface area (Å²) in [6.45, 7) is 3.03. The molecule has 0 amide bonds. The highest BCUT2D eigenvalue weighted by atomic mass is 16.6. The molecule has 1 aromatic rings. The van der Waals surface area contributed by atoms with Crippen LogP contribution in [0.15, 0.2) is 18.2 Å². The van der Waals surface area contributed by atoms with Gasteiger partial charge in [-0.3, -0.25) is 10.1 Å². The summed E-state index contributed by atoms with van der Waals surface area (Å²) in [4.78, 5) is 12.1. The smallest absolute Gasteiger partial charge is 0.270 e. The Morgan fingerprint density at radius 1 is 1.40 bits per heavy atom. The van der Waals surface area contributed by atoms with E-state index < -0.39 is 4.92 Å². The molecule has 1 fully saturated rings. The van der Waals surface area contributed by atoms with Crippen molar-refractivity contribution in [2.45, 2.75) is 0 Å². The van der Waals surface area contributed by atoms with Crippen LogP contribution in [0.3, 0.4) is 0 Å². The van der Waals surface area contributed by atoms with Crippen LogP contribution in [0.5, 0.6) is 0 Å². The summed E-state index contributed by atoms with van der Waals surface area (Å²) in [5, 5.41) is 10.4. The van der Waals surface area contributed by atoms with E-state index in [4.69, 9.17) is 4.74 Å². The Balaban J connectivity index is 2.11. The van der Waals surface area contributed by atoms with E-state index in [1.165, 1.54) is 12.1 Å². The van der Waals surface area contributed by atoms with E-state index in [2.05, 4.69) is 11.0 Å². The lowest BCUT2D eigenvalue weighted by Gasteiger charge is -2.28. The van der Waals surface area contributed by atoms with Gasteiger partial charge in [0.2, 0.25) is 0 Å². The van der Waals surface area contributed by atoms with Crippen LogP contribution in [-0.2, 0) is 4.74 Å². The summed E-state index contributed by atoms with van der Waals surface area (Å²) in [6.07, 6.45) is 0. The minimum atomic E-state index is -0.417. The SMILES string of the molecule is O=[N+]([O-])c1c[c]c(N2CCOCC2)cc1. The number of rotatable bonds is 2. The van der Waals surface area contributed by atoms with E-state index in [0.29, 0.717) is 13.2 Å². The van der Waals surface area contributed by atoms with Crippen molar-refractivity contribution in [1.29, 1.82) is 0 Å². The Hall–Kier alpha value is -1.62.